The fourth-order valence-corrected chi connectivity index (χ4v) is 1.82. The highest BCUT2D eigenvalue weighted by atomic mass is 16.5. The molecule has 4 nitrogen and oxygen atoms in total. The van der Waals surface area contributed by atoms with E-state index in [2.05, 4.69) is 6.07 Å². The molecule has 0 aliphatic heterocycles. The molecular weight excluding hydrogens is 264 g/mol. The maximum Gasteiger partial charge on any atom is 0.145 e. The van der Waals surface area contributed by atoms with Crippen LogP contribution in [0.4, 0.5) is 5.69 Å². The first-order valence-electron chi connectivity index (χ1n) is 6.89. The van der Waals surface area contributed by atoms with Gasteiger partial charge < -0.3 is 15.2 Å². The largest absolute Gasteiger partial charge is 0.491 e. The summed E-state index contributed by atoms with van der Waals surface area (Å²) < 4.78 is 11.3. The number of hydrogen-bond donors (Lipinski definition) is 1. The third-order valence-corrected chi connectivity index (χ3v) is 2.89. The lowest BCUT2D eigenvalue weighted by atomic mass is 10.2. The standard InChI is InChI=1S/C17H18N2O2/c1-2-11-20-17-12-15(7-8-16(17)19)21-14-5-3-13(4-6-14)9-10-18/h3-8,12H,2,9,11,19H2,1H3. The topological polar surface area (TPSA) is 68.3 Å². The smallest absolute Gasteiger partial charge is 0.145 e. The minimum Gasteiger partial charge on any atom is -0.491 e. The Morgan fingerprint density at radius 1 is 1.10 bits per heavy atom. The number of rotatable bonds is 6. The Hall–Kier alpha value is -2.67. The van der Waals surface area contributed by atoms with Gasteiger partial charge in [0, 0.05) is 6.07 Å². The zero-order valence-corrected chi connectivity index (χ0v) is 12.0. The Bertz CT molecular complexity index is 630. The Morgan fingerprint density at radius 3 is 2.48 bits per heavy atom. The van der Waals surface area contributed by atoms with Gasteiger partial charge in [-0.25, -0.2) is 0 Å². The summed E-state index contributed by atoms with van der Waals surface area (Å²) in [6.07, 6.45) is 1.32. The van der Waals surface area contributed by atoms with Crippen LogP contribution in [0.15, 0.2) is 42.5 Å². The van der Waals surface area contributed by atoms with E-state index >= 15 is 0 Å². The molecule has 0 amide bonds. The maximum absolute atomic E-state index is 8.64. The molecule has 2 N–H and O–H groups in total. The van der Waals surface area contributed by atoms with Gasteiger partial charge in [0.1, 0.15) is 17.2 Å². The van der Waals surface area contributed by atoms with Gasteiger partial charge in [-0.3, -0.25) is 0 Å². The summed E-state index contributed by atoms with van der Waals surface area (Å²) in [7, 11) is 0. The van der Waals surface area contributed by atoms with Crippen LogP contribution in [0.1, 0.15) is 18.9 Å². The van der Waals surface area contributed by atoms with Crippen LogP contribution in [0.25, 0.3) is 0 Å². The lowest BCUT2D eigenvalue weighted by Crippen LogP contribution is -1.99. The number of nitrogens with two attached hydrogens (primary N) is 1. The number of nitriles is 1. The predicted molar refractivity (Wildman–Crippen MR) is 82.5 cm³/mol. The number of anilines is 1. The maximum atomic E-state index is 8.64. The summed E-state index contributed by atoms with van der Waals surface area (Å²) in [5.74, 6) is 2.02. The minimum atomic E-state index is 0.400. The number of ether oxygens (including phenoxy) is 2. The van der Waals surface area contributed by atoms with Gasteiger partial charge in [0.05, 0.1) is 24.8 Å². The summed E-state index contributed by atoms with van der Waals surface area (Å²) in [5.41, 5.74) is 7.43. The second-order valence-corrected chi connectivity index (χ2v) is 4.63. The Labute approximate surface area is 124 Å². The zero-order chi connectivity index (χ0) is 15.1. The molecule has 0 aliphatic rings. The van der Waals surface area contributed by atoms with E-state index in [0.29, 0.717) is 36.0 Å². The molecule has 0 unspecified atom stereocenters. The predicted octanol–water partition coefficient (Wildman–Crippen LogP) is 3.92. The molecule has 0 saturated carbocycles. The van der Waals surface area contributed by atoms with Gasteiger partial charge >= 0.3 is 0 Å². The van der Waals surface area contributed by atoms with Crippen molar-refractivity contribution in [2.24, 2.45) is 0 Å². The van der Waals surface area contributed by atoms with E-state index in [1.165, 1.54) is 0 Å². The molecule has 0 fully saturated rings. The van der Waals surface area contributed by atoms with Crippen LogP contribution >= 0.6 is 0 Å². The van der Waals surface area contributed by atoms with Gasteiger partial charge in [-0.15, -0.1) is 0 Å². The van der Waals surface area contributed by atoms with Crippen molar-refractivity contribution in [1.29, 1.82) is 5.26 Å². The Morgan fingerprint density at radius 2 is 1.81 bits per heavy atom. The summed E-state index contributed by atoms with van der Waals surface area (Å²) >= 11 is 0. The van der Waals surface area contributed by atoms with E-state index in [1.807, 2.05) is 31.2 Å². The van der Waals surface area contributed by atoms with Crippen LogP contribution in [0.2, 0.25) is 0 Å². The van der Waals surface area contributed by atoms with Crippen LogP contribution in [0, 0.1) is 11.3 Å². The van der Waals surface area contributed by atoms with Crippen molar-refractivity contribution in [2.45, 2.75) is 19.8 Å². The molecule has 2 aromatic carbocycles. The van der Waals surface area contributed by atoms with Gasteiger partial charge in [0.2, 0.25) is 0 Å². The van der Waals surface area contributed by atoms with E-state index in [-0.39, 0.29) is 0 Å². The third kappa shape index (κ3) is 4.15. The molecule has 4 heteroatoms. The SMILES string of the molecule is CCCOc1cc(Oc2ccc(CC#N)cc2)ccc1N. The second-order valence-electron chi connectivity index (χ2n) is 4.63. The van der Waals surface area contributed by atoms with Gasteiger partial charge in [-0.05, 0) is 36.2 Å². The van der Waals surface area contributed by atoms with Crippen molar-refractivity contribution in [3.05, 3.63) is 48.0 Å². The first-order chi connectivity index (χ1) is 10.2. The quantitative estimate of drug-likeness (QED) is 0.815. The number of hydrogen-bond acceptors (Lipinski definition) is 4. The van der Waals surface area contributed by atoms with Crippen molar-refractivity contribution < 1.29 is 9.47 Å². The molecule has 0 aliphatic carbocycles. The van der Waals surface area contributed by atoms with Crippen LogP contribution in [0.3, 0.4) is 0 Å². The molecule has 0 heterocycles. The fraction of sp³-hybridized carbons (Fsp3) is 0.235. The average molecular weight is 282 g/mol. The van der Waals surface area contributed by atoms with Gasteiger partial charge in [0.15, 0.2) is 0 Å². The second kappa shape index (κ2) is 7.20. The van der Waals surface area contributed by atoms with Crippen LogP contribution < -0.4 is 15.2 Å². The summed E-state index contributed by atoms with van der Waals surface area (Å²) in [6, 6.07) is 14.9. The molecule has 2 rings (SSSR count). The van der Waals surface area contributed by atoms with Crippen molar-refractivity contribution in [2.75, 3.05) is 12.3 Å². The molecular formula is C17H18N2O2. The van der Waals surface area contributed by atoms with Crippen molar-refractivity contribution in [1.82, 2.24) is 0 Å². The van der Waals surface area contributed by atoms with Gasteiger partial charge in [-0.2, -0.15) is 5.26 Å². The van der Waals surface area contributed by atoms with E-state index in [4.69, 9.17) is 20.5 Å². The summed E-state index contributed by atoms with van der Waals surface area (Å²) in [6.45, 7) is 2.66. The highest BCUT2D eigenvalue weighted by Crippen LogP contribution is 2.30. The molecule has 0 aromatic heterocycles. The van der Waals surface area contributed by atoms with Gasteiger partial charge in [0.25, 0.3) is 0 Å². The molecule has 21 heavy (non-hydrogen) atoms. The third-order valence-electron chi connectivity index (χ3n) is 2.89. The van der Waals surface area contributed by atoms with Crippen LogP contribution in [0.5, 0.6) is 17.2 Å². The lowest BCUT2D eigenvalue weighted by molar-refractivity contribution is 0.317. The Balaban J connectivity index is 2.10. The van der Waals surface area contributed by atoms with E-state index in [1.54, 1.807) is 18.2 Å². The van der Waals surface area contributed by atoms with E-state index in [0.717, 1.165) is 12.0 Å². The minimum absolute atomic E-state index is 0.400. The molecule has 108 valence electrons. The molecule has 0 radical (unpaired) electrons. The fourth-order valence-electron chi connectivity index (χ4n) is 1.82. The summed E-state index contributed by atoms with van der Waals surface area (Å²) in [4.78, 5) is 0. The van der Waals surface area contributed by atoms with Crippen molar-refractivity contribution in [3.8, 4) is 23.3 Å². The van der Waals surface area contributed by atoms with Crippen molar-refractivity contribution in [3.63, 3.8) is 0 Å². The zero-order valence-electron chi connectivity index (χ0n) is 12.0. The highest BCUT2D eigenvalue weighted by Gasteiger charge is 2.04. The number of nitrogens with zero attached hydrogens (tertiary/aromatic N) is 1. The van der Waals surface area contributed by atoms with Crippen molar-refractivity contribution >= 4 is 5.69 Å². The number of nitrogen functional groups attached to an aromatic ring is 1. The first-order valence-corrected chi connectivity index (χ1v) is 6.89. The molecule has 0 atom stereocenters. The van der Waals surface area contributed by atoms with E-state index < -0.39 is 0 Å². The first kappa shape index (κ1) is 14.7. The lowest BCUT2D eigenvalue weighted by Gasteiger charge is -2.11. The molecule has 0 bridgehead atoms. The number of benzene rings is 2. The monoisotopic (exact) mass is 282 g/mol. The highest BCUT2D eigenvalue weighted by molar-refractivity contribution is 5.56. The summed E-state index contributed by atoms with van der Waals surface area (Å²) in [5, 5.41) is 8.64. The van der Waals surface area contributed by atoms with Crippen LogP contribution in [-0.2, 0) is 6.42 Å². The molecule has 2 aromatic rings. The van der Waals surface area contributed by atoms with Gasteiger partial charge in [-0.1, -0.05) is 19.1 Å². The van der Waals surface area contributed by atoms with Crippen LogP contribution in [-0.4, -0.2) is 6.61 Å². The normalized spacial score (nSPS) is 9.90. The molecule has 0 saturated heterocycles. The molecule has 0 spiro atoms. The average Bonchev–Trinajstić information content (AvgIpc) is 2.50. The van der Waals surface area contributed by atoms with E-state index in [9.17, 15) is 0 Å². The Kier molecular flexibility index (Phi) is 5.05.